The Balaban J connectivity index is 2.44. The largest absolute Gasteiger partial charge is 0.241 e. The van der Waals surface area contributed by atoms with Crippen LogP contribution in [0.25, 0.3) is 10.6 Å². The van der Waals surface area contributed by atoms with Gasteiger partial charge in [-0.3, -0.25) is 0 Å². The summed E-state index contributed by atoms with van der Waals surface area (Å²) in [6, 6.07) is 5.25. The third-order valence-corrected chi connectivity index (χ3v) is 3.19. The molecular weight excluding hydrogens is 209 g/mol. The van der Waals surface area contributed by atoms with Crippen molar-refractivity contribution < 1.29 is 4.39 Å². The van der Waals surface area contributed by atoms with Crippen molar-refractivity contribution in [1.82, 2.24) is 4.98 Å². The highest BCUT2D eigenvalue weighted by Gasteiger charge is 2.08. The summed E-state index contributed by atoms with van der Waals surface area (Å²) in [5.41, 5.74) is 2.56. The Morgan fingerprint density at radius 1 is 1.40 bits per heavy atom. The standard InChI is InChI=1S/C12H12FNS/c1-3-9-7-15-12(14-9)10-5-4-8(2)6-11(10)13/h4-7H,3H2,1-2H3. The molecule has 1 aromatic carbocycles. The fourth-order valence-corrected chi connectivity index (χ4v) is 2.32. The molecule has 0 bridgehead atoms. The second-order valence-electron chi connectivity index (χ2n) is 3.48. The second kappa shape index (κ2) is 4.11. The van der Waals surface area contributed by atoms with Gasteiger partial charge >= 0.3 is 0 Å². The molecule has 0 saturated carbocycles. The Hall–Kier alpha value is -1.22. The first kappa shape index (κ1) is 10.3. The first-order valence-corrected chi connectivity index (χ1v) is 5.79. The highest BCUT2D eigenvalue weighted by molar-refractivity contribution is 7.13. The maximum Gasteiger partial charge on any atom is 0.133 e. The van der Waals surface area contributed by atoms with Crippen LogP contribution in [0.3, 0.4) is 0 Å². The Morgan fingerprint density at radius 3 is 2.80 bits per heavy atom. The van der Waals surface area contributed by atoms with Crippen LogP contribution in [0.15, 0.2) is 23.6 Å². The lowest BCUT2D eigenvalue weighted by Gasteiger charge is -1.99. The molecule has 15 heavy (non-hydrogen) atoms. The van der Waals surface area contributed by atoms with Crippen LogP contribution >= 0.6 is 11.3 Å². The Kier molecular flexibility index (Phi) is 2.82. The van der Waals surface area contributed by atoms with Gasteiger partial charge in [-0.2, -0.15) is 0 Å². The van der Waals surface area contributed by atoms with Crippen molar-refractivity contribution in [3.8, 4) is 10.6 Å². The number of hydrogen-bond donors (Lipinski definition) is 0. The van der Waals surface area contributed by atoms with Gasteiger partial charge in [0, 0.05) is 10.9 Å². The van der Waals surface area contributed by atoms with Crippen LogP contribution in [0.5, 0.6) is 0 Å². The average molecular weight is 221 g/mol. The van der Waals surface area contributed by atoms with Gasteiger partial charge in [0.1, 0.15) is 10.8 Å². The van der Waals surface area contributed by atoms with Gasteiger partial charge in [-0.1, -0.05) is 13.0 Å². The zero-order valence-electron chi connectivity index (χ0n) is 8.75. The quantitative estimate of drug-likeness (QED) is 0.751. The number of nitrogens with zero attached hydrogens (tertiary/aromatic N) is 1. The van der Waals surface area contributed by atoms with Crippen LogP contribution < -0.4 is 0 Å². The monoisotopic (exact) mass is 221 g/mol. The summed E-state index contributed by atoms with van der Waals surface area (Å²) >= 11 is 1.50. The first-order valence-electron chi connectivity index (χ1n) is 4.91. The van der Waals surface area contributed by atoms with E-state index >= 15 is 0 Å². The molecule has 0 aliphatic heterocycles. The molecule has 0 amide bonds. The summed E-state index contributed by atoms with van der Waals surface area (Å²) in [5, 5.41) is 2.75. The number of aromatic nitrogens is 1. The fourth-order valence-electron chi connectivity index (χ4n) is 1.39. The van der Waals surface area contributed by atoms with E-state index in [9.17, 15) is 4.39 Å². The molecule has 0 atom stereocenters. The molecular formula is C12H12FNS. The molecule has 0 unspecified atom stereocenters. The number of benzene rings is 1. The van der Waals surface area contributed by atoms with Crippen molar-refractivity contribution in [3.05, 3.63) is 40.7 Å². The minimum absolute atomic E-state index is 0.188. The molecule has 1 aromatic heterocycles. The summed E-state index contributed by atoms with van der Waals surface area (Å²) < 4.78 is 13.6. The number of aryl methyl sites for hydroxylation is 2. The van der Waals surface area contributed by atoms with Gasteiger partial charge in [0.25, 0.3) is 0 Å². The molecule has 0 fully saturated rings. The van der Waals surface area contributed by atoms with Gasteiger partial charge in [-0.15, -0.1) is 11.3 Å². The van der Waals surface area contributed by atoms with Crippen LogP contribution in [-0.2, 0) is 6.42 Å². The van der Waals surface area contributed by atoms with E-state index < -0.39 is 0 Å². The van der Waals surface area contributed by atoms with Crippen molar-refractivity contribution in [3.63, 3.8) is 0 Å². The molecule has 1 nitrogen and oxygen atoms in total. The normalized spacial score (nSPS) is 10.6. The SMILES string of the molecule is CCc1csc(-c2ccc(C)cc2F)n1. The Bertz CT molecular complexity index is 476. The van der Waals surface area contributed by atoms with Crippen molar-refractivity contribution in [2.45, 2.75) is 20.3 Å². The van der Waals surface area contributed by atoms with Gasteiger partial charge in [0.15, 0.2) is 0 Å². The summed E-state index contributed by atoms with van der Waals surface area (Å²) in [4.78, 5) is 4.37. The molecule has 1 heterocycles. The molecule has 3 heteroatoms. The van der Waals surface area contributed by atoms with Gasteiger partial charge in [-0.05, 0) is 31.0 Å². The molecule has 0 aliphatic carbocycles. The maximum absolute atomic E-state index is 13.6. The van der Waals surface area contributed by atoms with E-state index in [4.69, 9.17) is 0 Å². The second-order valence-corrected chi connectivity index (χ2v) is 4.34. The lowest BCUT2D eigenvalue weighted by atomic mass is 10.1. The topological polar surface area (TPSA) is 12.9 Å². The lowest BCUT2D eigenvalue weighted by molar-refractivity contribution is 0.630. The van der Waals surface area contributed by atoms with E-state index in [0.29, 0.717) is 5.56 Å². The van der Waals surface area contributed by atoms with Gasteiger partial charge in [-0.25, -0.2) is 9.37 Å². The highest BCUT2D eigenvalue weighted by atomic mass is 32.1. The van der Waals surface area contributed by atoms with Crippen LogP contribution in [0.4, 0.5) is 4.39 Å². The number of rotatable bonds is 2. The van der Waals surface area contributed by atoms with Crippen molar-refractivity contribution in [2.75, 3.05) is 0 Å². The Morgan fingerprint density at radius 2 is 2.20 bits per heavy atom. The zero-order chi connectivity index (χ0) is 10.8. The minimum atomic E-state index is -0.188. The maximum atomic E-state index is 13.6. The third-order valence-electron chi connectivity index (χ3n) is 2.27. The predicted octanol–water partition coefficient (Wildman–Crippen LogP) is 3.82. The fraction of sp³-hybridized carbons (Fsp3) is 0.250. The molecule has 78 valence electrons. The summed E-state index contributed by atoms with van der Waals surface area (Å²) in [6.45, 7) is 3.93. The molecule has 2 aromatic rings. The summed E-state index contributed by atoms with van der Waals surface area (Å²) in [5.74, 6) is -0.188. The molecule has 0 radical (unpaired) electrons. The number of halogens is 1. The van der Waals surface area contributed by atoms with Gasteiger partial charge in [0.05, 0.1) is 5.69 Å². The predicted molar refractivity (Wildman–Crippen MR) is 61.6 cm³/mol. The van der Waals surface area contributed by atoms with Gasteiger partial charge < -0.3 is 0 Å². The van der Waals surface area contributed by atoms with Crippen LogP contribution in [0.2, 0.25) is 0 Å². The minimum Gasteiger partial charge on any atom is -0.241 e. The number of hydrogen-bond acceptors (Lipinski definition) is 2. The first-order chi connectivity index (χ1) is 7.20. The van der Waals surface area contributed by atoms with E-state index in [1.54, 1.807) is 12.1 Å². The average Bonchev–Trinajstić information content (AvgIpc) is 2.66. The summed E-state index contributed by atoms with van der Waals surface area (Å²) in [7, 11) is 0. The molecule has 0 aliphatic rings. The summed E-state index contributed by atoms with van der Waals surface area (Å²) in [6.07, 6.45) is 0.893. The van der Waals surface area contributed by atoms with E-state index in [-0.39, 0.29) is 5.82 Å². The molecule has 2 rings (SSSR count). The molecule has 0 N–H and O–H groups in total. The highest BCUT2D eigenvalue weighted by Crippen LogP contribution is 2.26. The van der Waals surface area contributed by atoms with Crippen molar-refractivity contribution in [2.24, 2.45) is 0 Å². The van der Waals surface area contributed by atoms with Crippen LogP contribution in [-0.4, -0.2) is 4.98 Å². The van der Waals surface area contributed by atoms with E-state index in [2.05, 4.69) is 4.98 Å². The van der Waals surface area contributed by atoms with Crippen molar-refractivity contribution >= 4 is 11.3 Å². The smallest absolute Gasteiger partial charge is 0.133 e. The van der Waals surface area contributed by atoms with E-state index in [1.165, 1.54) is 11.3 Å². The van der Waals surface area contributed by atoms with Crippen LogP contribution in [0.1, 0.15) is 18.2 Å². The van der Waals surface area contributed by atoms with E-state index in [0.717, 1.165) is 22.7 Å². The van der Waals surface area contributed by atoms with Crippen molar-refractivity contribution in [1.29, 1.82) is 0 Å². The van der Waals surface area contributed by atoms with E-state index in [1.807, 2.05) is 25.3 Å². The van der Waals surface area contributed by atoms with Crippen LogP contribution in [0, 0.1) is 12.7 Å². The Labute approximate surface area is 92.6 Å². The molecule has 0 spiro atoms. The number of thiazole rings is 1. The lowest BCUT2D eigenvalue weighted by Crippen LogP contribution is -1.86. The molecule has 0 saturated heterocycles. The van der Waals surface area contributed by atoms with Gasteiger partial charge in [0.2, 0.25) is 0 Å². The third kappa shape index (κ3) is 2.07. The zero-order valence-corrected chi connectivity index (χ0v) is 9.57.